The summed E-state index contributed by atoms with van der Waals surface area (Å²) in [6.45, 7) is 7.31. The van der Waals surface area contributed by atoms with Crippen LogP contribution in [0.25, 0.3) is 21.5 Å². The number of phenolic OH excluding ortho intramolecular Hbond substituents is 2. The number of fused-ring (bicyclic) bond motifs is 2. The van der Waals surface area contributed by atoms with Crippen LogP contribution >= 0.6 is 0 Å². The van der Waals surface area contributed by atoms with E-state index in [0.29, 0.717) is 0 Å². The third-order valence-electron chi connectivity index (χ3n) is 5.18. The zero-order valence-corrected chi connectivity index (χ0v) is 26.7. The van der Waals surface area contributed by atoms with Gasteiger partial charge >= 0.3 is 30.2 Å². The van der Waals surface area contributed by atoms with Gasteiger partial charge in [0.25, 0.3) is 0 Å². The molecule has 208 valence electrons. The molecule has 6 aromatic carbocycles. The summed E-state index contributed by atoms with van der Waals surface area (Å²) in [5.74, 6) is -0.483. The van der Waals surface area contributed by atoms with Gasteiger partial charge in [0.05, 0.1) is 0 Å². The zero-order valence-electron chi connectivity index (χ0n) is 23.2. The van der Waals surface area contributed by atoms with E-state index >= 15 is 0 Å². The minimum absolute atomic E-state index is 0. The van der Waals surface area contributed by atoms with Crippen LogP contribution in [-0.4, -0.2) is 17.1 Å². The van der Waals surface area contributed by atoms with Gasteiger partial charge in [-0.1, -0.05) is 26.0 Å². The van der Waals surface area contributed by atoms with Crippen molar-refractivity contribution in [2.45, 2.75) is 13.8 Å². The molecule has 2 N–H and O–H groups in total. The molecular formula is C34H34F2O2SiZr-4. The van der Waals surface area contributed by atoms with Crippen molar-refractivity contribution in [3.63, 3.8) is 0 Å². The molecule has 0 heterocycles. The number of hydrogen-bond acceptors (Lipinski definition) is 2. The summed E-state index contributed by atoms with van der Waals surface area (Å²) in [6, 6.07) is 35.7. The summed E-state index contributed by atoms with van der Waals surface area (Å²) < 4.78 is 24.0. The second-order valence-electron chi connectivity index (χ2n) is 8.28. The Balaban J connectivity index is 0.000000491. The molecule has 2 nitrogen and oxygen atoms in total. The number of aryl methyl sites for hydroxylation is 2. The van der Waals surface area contributed by atoms with Crippen LogP contribution in [0.5, 0.6) is 11.5 Å². The predicted molar refractivity (Wildman–Crippen MR) is 163 cm³/mol. The first-order valence-corrected chi connectivity index (χ1v) is 15.9. The van der Waals surface area contributed by atoms with Crippen molar-refractivity contribution in [2.24, 2.45) is 0 Å². The normalized spacial score (nSPS) is 8.97. The molecule has 0 fully saturated rings. The van der Waals surface area contributed by atoms with E-state index in [1.54, 1.807) is 0 Å². The Morgan fingerprint density at radius 3 is 1.12 bits per heavy atom. The third-order valence-corrected chi connectivity index (χ3v) is 5.18. The average Bonchev–Trinajstić information content (AvgIpc) is 3.50. The van der Waals surface area contributed by atoms with Gasteiger partial charge in [0.15, 0.2) is 0 Å². The Kier molecular flexibility index (Phi) is 18.0. The SMILES string of the molecule is Cc1cc2ccccc2[cH-]1.Cc1cc2ccccc2[cH-]1.Oc1ccc(F)cc1.Oc1ccc(F)cc1.[CH3-].[CH3-].[Si]=[Zr]. The van der Waals surface area contributed by atoms with Gasteiger partial charge in [0.1, 0.15) is 23.1 Å². The van der Waals surface area contributed by atoms with Gasteiger partial charge in [-0.3, -0.25) is 0 Å². The molecule has 0 aliphatic carbocycles. The van der Waals surface area contributed by atoms with E-state index in [9.17, 15) is 8.78 Å². The van der Waals surface area contributed by atoms with Crippen LogP contribution < -0.4 is 0 Å². The molecule has 0 atom stereocenters. The monoisotopic (exact) mass is 630 g/mol. The van der Waals surface area contributed by atoms with Crippen LogP contribution in [0.15, 0.2) is 121 Å². The van der Waals surface area contributed by atoms with Crippen molar-refractivity contribution >= 4 is 28.4 Å². The standard InChI is InChI=1S/2C10H9.2C6H5FO.2CH3.Si.Zr/c2*1-8-6-9-4-2-3-5-10(9)7-8;2*7-5-1-3-6(8)4-2-5;;;;/h2*2-7H,1H3;2*1-4,8H;2*1H3;;/q2*-1;;;2*-1;;. The van der Waals surface area contributed by atoms with Gasteiger partial charge < -0.3 is 25.1 Å². The molecule has 0 aromatic heterocycles. The van der Waals surface area contributed by atoms with E-state index in [1.807, 2.05) is 0 Å². The second-order valence-corrected chi connectivity index (χ2v) is 8.28. The van der Waals surface area contributed by atoms with Crippen molar-refractivity contribution in [1.82, 2.24) is 0 Å². The summed E-state index contributed by atoms with van der Waals surface area (Å²) >= 11 is 1.36. The number of halogens is 2. The van der Waals surface area contributed by atoms with Crippen molar-refractivity contribution in [1.29, 1.82) is 0 Å². The molecule has 0 saturated heterocycles. The van der Waals surface area contributed by atoms with Crippen molar-refractivity contribution in [3.8, 4) is 11.5 Å². The van der Waals surface area contributed by atoms with Gasteiger partial charge in [-0.2, -0.15) is 12.1 Å². The van der Waals surface area contributed by atoms with Crippen molar-refractivity contribution in [2.75, 3.05) is 0 Å². The molecule has 0 aliphatic heterocycles. The molecule has 6 rings (SSSR count). The van der Waals surface area contributed by atoms with Gasteiger partial charge in [-0.05, 0) is 48.5 Å². The van der Waals surface area contributed by atoms with Gasteiger partial charge in [-0.25, -0.2) is 8.78 Å². The number of aromatic hydroxyl groups is 2. The fourth-order valence-electron chi connectivity index (χ4n) is 3.49. The van der Waals surface area contributed by atoms with Crippen LogP contribution in [0.3, 0.4) is 0 Å². The maximum absolute atomic E-state index is 12.0. The Labute approximate surface area is 253 Å². The molecule has 2 radical (unpaired) electrons. The Hall–Kier alpha value is -3.34. The van der Waals surface area contributed by atoms with E-state index in [0.717, 1.165) is 0 Å². The molecule has 0 amide bonds. The molecule has 0 spiro atoms. The van der Waals surface area contributed by atoms with E-state index in [-0.39, 0.29) is 38.0 Å². The molecule has 6 aromatic rings. The average molecular weight is 632 g/mol. The summed E-state index contributed by atoms with van der Waals surface area (Å²) in [5, 5.41) is 22.6. The molecule has 0 aliphatic rings. The quantitative estimate of drug-likeness (QED) is 0.130. The summed E-state index contributed by atoms with van der Waals surface area (Å²) in [5.41, 5.74) is 2.70. The van der Waals surface area contributed by atoms with Crippen LogP contribution in [0.4, 0.5) is 8.78 Å². The van der Waals surface area contributed by atoms with Crippen LogP contribution in [0, 0.1) is 40.3 Å². The molecule has 40 heavy (non-hydrogen) atoms. The predicted octanol–water partition coefficient (Wildman–Crippen LogP) is 9.31. The van der Waals surface area contributed by atoms with Gasteiger partial charge in [-0.15, -0.1) is 81.2 Å². The van der Waals surface area contributed by atoms with E-state index in [1.165, 1.54) is 105 Å². The fourth-order valence-corrected chi connectivity index (χ4v) is 3.49. The number of hydrogen-bond donors (Lipinski definition) is 2. The summed E-state index contributed by atoms with van der Waals surface area (Å²) in [7, 11) is 0. The molecule has 0 bridgehead atoms. The first kappa shape index (κ1) is 36.7. The second kappa shape index (κ2) is 19.7. The topological polar surface area (TPSA) is 40.5 Å². The first-order chi connectivity index (χ1) is 18.3. The van der Waals surface area contributed by atoms with Crippen LogP contribution in [0.1, 0.15) is 11.1 Å². The van der Waals surface area contributed by atoms with E-state index in [2.05, 4.69) is 93.5 Å². The first-order valence-electron chi connectivity index (χ1n) is 11.7. The Bertz CT molecular complexity index is 1280. The molecule has 0 unspecified atom stereocenters. The Morgan fingerprint density at radius 1 is 0.550 bits per heavy atom. The maximum atomic E-state index is 12.0. The van der Waals surface area contributed by atoms with Crippen LogP contribution in [-0.2, 0) is 23.3 Å². The number of benzene rings is 4. The zero-order chi connectivity index (χ0) is 27.9. The fraction of sp³-hybridized carbons (Fsp3) is 0.0588. The van der Waals surface area contributed by atoms with Gasteiger partial charge in [0.2, 0.25) is 0 Å². The number of rotatable bonds is 0. The van der Waals surface area contributed by atoms with E-state index < -0.39 is 0 Å². The summed E-state index contributed by atoms with van der Waals surface area (Å²) in [4.78, 5) is 0. The molecular weight excluding hydrogens is 598 g/mol. The van der Waals surface area contributed by atoms with Crippen molar-refractivity contribution < 1.29 is 42.3 Å². The summed E-state index contributed by atoms with van der Waals surface area (Å²) in [6.07, 6.45) is 0. The molecule has 0 saturated carbocycles. The van der Waals surface area contributed by atoms with Gasteiger partial charge in [0, 0.05) is 0 Å². The van der Waals surface area contributed by atoms with Crippen LogP contribution in [0.2, 0.25) is 0 Å². The van der Waals surface area contributed by atoms with E-state index in [4.69, 9.17) is 10.2 Å². The number of phenols is 2. The Morgan fingerprint density at radius 2 is 0.850 bits per heavy atom. The molecule has 6 heteroatoms. The third kappa shape index (κ3) is 13.1. The van der Waals surface area contributed by atoms with Crippen molar-refractivity contribution in [3.05, 3.63) is 159 Å². The minimum atomic E-state index is -0.331.